The summed E-state index contributed by atoms with van der Waals surface area (Å²) in [5.74, 6) is 2.14. The van der Waals surface area contributed by atoms with Crippen LogP contribution in [0.1, 0.15) is 56.0 Å². The first-order valence-electron chi connectivity index (χ1n) is 6.81. The SMILES string of the molecule is CC(C)COc1ccc(C(=O)CCCl)cc1C(C)C. The third-order valence-electron chi connectivity index (χ3n) is 2.85. The standard InChI is InChI=1S/C16H23ClO2/c1-11(2)10-19-16-6-5-13(15(18)7-8-17)9-14(16)12(3)4/h5-6,9,11-12H,7-8,10H2,1-4H3. The van der Waals surface area contributed by atoms with Crippen molar-refractivity contribution in [2.24, 2.45) is 5.92 Å². The Labute approximate surface area is 121 Å². The van der Waals surface area contributed by atoms with Gasteiger partial charge < -0.3 is 4.74 Å². The number of alkyl halides is 1. The average Bonchev–Trinajstić information content (AvgIpc) is 2.36. The zero-order valence-electron chi connectivity index (χ0n) is 12.2. The van der Waals surface area contributed by atoms with Gasteiger partial charge in [0.25, 0.3) is 0 Å². The lowest BCUT2D eigenvalue weighted by Crippen LogP contribution is -2.08. The van der Waals surface area contributed by atoms with Gasteiger partial charge in [0, 0.05) is 17.9 Å². The van der Waals surface area contributed by atoms with E-state index in [9.17, 15) is 4.79 Å². The monoisotopic (exact) mass is 282 g/mol. The Balaban J connectivity index is 2.97. The Morgan fingerprint density at radius 3 is 2.47 bits per heavy atom. The molecular formula is C16H23ClO2. The van der Waals surface area contributed by atoms with Gasteiger partial charge in [-0.2, -0.15) is 0 Å². The van der Waals surface area contributed by atoms with Gasteiger partial charge in [-0.25, -0.2) is 0 Å². The number of carbonyl (C=O) groups excluding carboxylic acids is 1. The van der Waals surface area contributed by atoms with Crippen molar-refractivity contribution in [2.75, 3.05) is 12.5 Å². The highest BCUT2D eigenvalue weighted by atomic mass is 35.5. The highest BCUT2D eigenvalue weighted by molar-refractivity contribution is 6.19. The van der Waals surface area contributed by atoms with Gasteiger partial charge in [0.15, 0.2) is 5.78 Å². The maximum absolute atomic E-state index is 11.9. The number of Topliss-reactive ketones (excluding diaryl/α,β-unsaturated/α-hetero) is 1. The number of hydrogen-bond donors (Lipinski definition) is 0. The predicted molar refractivity (Wildman–Crippen MR) is 80.5 cm³/mol. The number of ether oxygens (including phenoxy) is 1. The fourth-order valence-corrected chi connectivity index (χ4v) is 1.96. The molecule has 0 heterocycles. The first kappa shape index (κ1) is 16.0. The maximum atomic E-state index is 11.9. The molecule has 0 saturated heterocycles. The molecule has 0 amide bonds. The van der Waals surface area contributed by atoms with Gasteiger partial charge in [-0.1, -0.05) is 27.7 Å². The molecule has 0 aliphatic rings. The van der Waals surface area contributed by atoms with E-state index in [0.717, 1.165) is 16.9 Å². The Kier molecular flexibility index (Phi) is 6.36. The summed E-state index contributed by atoms with van der Waals surface area (Å²) in [5.41, 5.74) is 1.81. The van der Waals surface area contributed by atoms with Gasteiger partial charge in [-0.05, 0) is 35.6 Å². The van der Waals surface area contributed by atoms with E-state index in [2.05, 4.69) is 27.7 Å². The van der Waals surface area contributed by atoms with E-state index in [1.165, 1.54) is 0 Å². The highest BCUT2D eigenvalue weighted by Crippen LogP contribution is 2.28. The van der Waals surface area contributed by atoms with Crippen LogP contribution in [-0.4, -0.2) is 18.3 Å². The molecule has 2 nitrogen and oxygen atoms in total. The van der Waals surface area contributed by atoms with E-state index < -0.39 is 0 Å². The van der Waals surface area contributed by atoms with Crippen LogP contribution < -0.4 is 4.74 Å². The van der Waals surface area contributed by atoms with Crippen LogP contribution in [-0.2, 0) is 0 Å². The maximum Gasteiger partial charge on any atom is 0.164 e. The minimum absolute atomic E-state index is 0.0901. The molecular weight excluding hydrogens is 260 g/mol. The minimum atomic E-state index is 0.0901. The molecule has 0 atom stereocenters. The van der Waals surface area contributed by atoms with Crippen LogP contribution in [0.3, 0.4) is 0 Å². The molecule has 19 heavy (non-hydrogen) atoms. The number of benzene rings is 1. The van der Waals surface area contributed by atoms with Gasteiger partial charge in [0.2, 0.25) is 0 Å². The third kappa shape index (κ3) is 4.87. The smallest absolute Gasteiger partial charge is 0.164 e. The molecule has 1 rings (SSSR count). The second-order valence-electron chi connectivity index (χ2n) is 5.47. The van der Waals surface area contributed by atoms with Gasteiger partial charge in [-0.3, -0.25) is 4.79 Å². The average molecular weight is 283 g/mol. The normalized spacial score (nSPS) is 11.1. The first-order chi connectivity index (χ1) is 8.95. The summed E-state index contributed by atoms with van der Waals surface area (Å²) in [6.45, 7) is 9.14. The molecule has 0 fully saturated rings. The second kappa shape index (κ2) is 7.54. The van der Waals surface area contributed by atoms with Crippen molar-refractivity contribution in [3.8, 4) is 5.75 Å². The van der Waals surface area contributed by atoms with Crippen molar-refractivity contribution < 1.29 is 9.53 Å². The zero-order valence-corrected chi connectivity index (χ0v) is 13.0. The quantitative estimate of drug-likeness (QED) is 0.537. The Hall–Kier alpha value is -1.02. The van der Waals surface area contributed by atoms with Crippen LogP contribution in [0.5, 0.6) is 5.75 Å². The molecule has 3 heteroatoms. The summed E-state index contributed by atoms with van der Waals surface area (Å²) in [4.78, 5) is 11.9. The topological polar surface area (TPSA) is 26.3 Å². The molecule has 0 aliphatic carbocycles. The van der Waals surface area contributed by atoms with E-state index in [4.69, 9.17) is 16.3 Å². The van der Waals surface area contributed by atoms with E-state index in [1.54, 1.807) is 0 Å². The zero-order chi connectivity index (χ0) is 14.4. The van der Waals surface area contributed by atoms with Crippen molar-refractivity contribution >= 4 is 17.4 Å². The summed E-state index contributed by atoms with van der Waals surface area (Å²) >= 11 is 5.62. The van der Waals surface area contributed by atoms with Gasteiger partial charge in [0.05, 0.1) is 6.61 Å². The molecule has 0 radical (unpaired) electrons. The number of carbonyl (C=O) groups is 1. The number of halogens is 1. The van der Waals surface area contributed by atoms with Crippen LogP contribution in [0, 0.1) is 5.92 Å². The summed E-state index contributed by atoms with van der Waals surface area (Å²) < 4.78 is 5.82. The van der Waals surface area contributed by atoms with Crippen molar-refractivity contribution in [2.45, 2.75) is 40.0 Å². The molecule has 0 N–H and O–H groups in total. The fraction of sp³-hybridized carbons (Fsp3) is 0.562. The van der Waals surface area contributed by atoms with Gasteiger partial charge in [0.1, 0.15) is 5.75 Å². The molecule has 0 saturated carbocycles. The summed E-state index contributed by atoms with van der Waals surface area (Å²) in [7, 11) is 0. The van der Waals surface area contributed by atoms with Gasteiger partial charge >= 0.3 is 0 Å². The van der Waals surface area contributed by atoms with Crippen LogP contribution in [0.4, 0.5) is 0 Å². The molecule has 1 aromatic carbocycles. The Morgan fingerprint density at radius 2 is 1.95 bits per heavy atom. The summed E-state index contributed by atoms with van der Waals surface area (Å²) in [5, 5.41) is 0. The second-order valence-corrected chi connectivity index (χ2v) is 5.85. The van der Waals surface area contributed by atoms with Crippen LogP contribution in [0.15, 0.2) is 18.2 Å². The van der Waals surface area contributed by atoms with E-state index in [-0.39, 0.29) is 5.78 Å². The molecule has 0 aliphatic heterocycles. The Morgan fingerprint density at radius 1 is 1.26 bits per heavy atom. The third-order valence-corrected chi connectivity index (χ3v) is 3.04. The van der Waals surface area contributed by atoms with Crippen LogP contribution >= 0.6 is 11.6 Å². The molecule has 0 spiro atoms. The number of ketones is 1. The summed E-state index contributed by atoms with van der Waals surface area (Å²) in [6, 6.07) is 5.67. The lowest BCUT2D eigenvalue weighted by Gasteiger charge is -2.16. The lowest BCUT2D eigenvalue weighted by molar-refractivity contribution is 0.0989. The predicted octanol–water partition coefficient (Wildman–Crippen LogP) is 4.66. The van der Waals surface area contributed by atoms with Crippen molar-refractivity contribution in [1.29, 1.82) is 0 Å². The molecule has 0 unspecified atom stereocenters. The summed E-state index contributed by atoms with van der Waals surface area (Å²) in [6.07, 6.45) is 0.380. The Bertz CT molecular complexity index is 425. The van der Waals surface area contributed by atoms with E-state index in [0.29, 0.717) is 30.7 Å². The highest BCUT2D eigenvalue weighted by Gasteiger charge is 2.13. The van der Waals surface area contributed by atoms with Crippen molar-refractivity contribution in [3.63, 3.8) is 0 Å². The fourth-order valence-electron chi connectivity index (χ4n) is 1.79. The minimum Gasteiger partial charge on any atom is -0.493 e. The molecule has 0 aromatic heterocycles. The van der Waals surface area contributed by atoms with Crippen LogP contribution in [0.25, 0.3) is 0 Å². The van der Waals surface area contributed by atoms with Crippen molar-refractivity contribution in [3.05, 3.63) is 29.3 Å². The number of rotatable bonds is 7. The number of hydrogen-bond acceptors (Lipinski definition) is 2. The van der Waals surface area contributed by atoms with Gasteiger partial charge in [-0.15, -0.1) is 11.6 Å². The lowest BCUT2D eigenvalue weighted by atomic mass is 9.97. The van der Waals surface area contributed by atoms with E-state index >= 15 is 0 Å². The van der Waals surface area contributed by atoms with E-state index in [1.807, 2.05) is 18.2 Å². The molecule has 1 aromatic rings. The van der Waals surface area contributed by atoms with Crippen molar-refractivity contribution in [1.82, 2.24) is 0 Å². The molecule has 0 bridgehead atoms. The first-order valence-corrected chi connectivity index (χ1v) is 7.35. The molecule has 106 valence electrons. The van der Waals surface area contributed by atoms with Crippen LogP contribution in [0.2, 0.25) is 0 Å². The largest absolute Gasteiger partial charge is 0.493 e.